The Balaban J connectivity index is 1.44. The molecule has 0 unspecified atom stereocenters. The third-order valence-corrected chi connectivity index (χ3v) is 13.0. The highest BCUT2D eigenvalue weighted by molar-refractivity contribution is 9.09. The van der Waals surface area contributed by atoms with Gasteiger partial charge in [0, 0.05) is 77.4 Å². The van der Waals surface area contributed by atoms with Gasteiger partial charge in [-0.15, -0.1) is 0 Å². The summed E-state index contributed by atoms with van der Waals surface area (Å²) >= 11 is 14.5. The van der Waals surface area contributed by atoms with E-state index < -0.39 is 0 Å². The normalized spacial score (nSPS) is 12.1. The van der Waals surface area contributed by atoms with Crippen LogP contribution < -0.4 is 0 Å². The van der Waals surface area contributed by atoms with Gasteiger partial charge < -0.3 is 9.97 Å². The van der Waals surface area contributed by atoms with Crippen molar-refractivity contribution in [3.05, 3.63) is 167 Å². The van der Waals surface area contributed by atoms with Gasteiger partial charge in [-0.25, -0.2) is 4.98 Å². The van der Waals surface area contributed by atoms with E-state index in [1.165, 1.54) is 22.3 Å². The van der Waals surface area contributed by atoms with E-state index in [1.54, 1.807) is 0 Å². The Kier molecular flexibility index (Phi) is 10.6. The third-order valence-electron chi connectivity index (χ3n) is 10.4. The Morgan fingerprint density at radius 2 is 0.732 bits per heavy atom. The minimum absolute atomic E-state index is 0.792. The topological polar surface area (TPSA) is 56.8 Å². The fourth-order valence-electron chi connectivity index (χ4n) is 7.49. The average molecular weight is 986 g/mol. The van der Waals surface area contributed by atoms with Crippen LogP contribution in [-0.2, 0) is 21.3 Å². The van der Waals surface area contributed by atoms with E-state index in [9.17, 15) is 0 Å². The summed E-state index contributed by atoms with van der Waals surface area (Å²) in [5.74, 6) is 0. The maximum atomic E-state index is 5.44. The number of nitrogens with one attached hydrogen (secondary N) is 2. The van der Waals surface area contributed by atoms with Gasteiger partial charge in [-0.2, -0.15) is 0 Å². The van der Waals surface area contributed by atoms with Gasteiger partial charge >= 0.3 is 0 Å². The first-order valence-corrected chi connectivity index (χ1v) is 22.8. The molecule has 7 aromatic rings. The van der Waals surface area contributed by atoms with Crippen molar-refractivity contribution in [2.24, 2.45) is 4.99 Å². The zero-order valence-electron chi connectivity index (χ0n) is 30.1. The summed E-state index contributed by atoms with van der Waals surface area (Å²) in [6.45, 7) is 0. The largest absolute Gasteiger partial charge is 0.354 e. The standard InChI is InChI=1S/C48H34Br4N4/c49-24-29-1-9-33(10-2-29)45-37-23-44(53-28-37)48(36-15-7-32(27-52)8-16-36)43-22-21-42(56-43)47(35-13-5-31(26-51)6-14-35)41-20-19-40(55-41)46(39-18-17-38(45)54-39)34-11-3-30(25-50)4-12-34/h1-23,28,54,56H,24-27H2. The molecule has 8 bridgehead atoms. The maximum Gasteiger partial charge on any atom is 0.0737 e. The number of aromatic nitrogens is 3. The second-order valence-electron chi connectivity index (χ2n) is 13.9. The van der Waals surface area contributed by atoms with Crippen molar-refractivity contribution in [1.29, 1.82) is 0 Å². The molecule has 0 atom stereocenters. The fraction of sp³-hybridized carbons (Fsp3) is 0.0833. The predicted molar refractivity (Wildman–Crippen MR) is 252 cm³/mol. The number of aliphatic imine (C=N–C) groups is 1. The molecule has 2 N–H and O–H groups in total. The number of halogens is 4. The van der Waals surface area contributed by atoms with Crippen LogP contribution in [0.5, 0.6) is 0 Å². The molecule has 9 rings (SSSR count). The zero-order valence-corrected chi connectivity index (χ0v) is 36.4. The Hall–Kier alpha value is -4.60. The molecule has 0 amide bonds. The second kappa shape index (κ2) is 16.1. The lowest BCUT2D eigenvalue weighted by Crippen LogP contribution is -1.89. The van der Waals surface area contributed by atoms with Crippen LogP contribution in [0.2, 0.25) is 0 Å². The van der Waals surface area contributed by atoms with E-state index >= 15 is 0 Å². The highest BCUT2D eigenvalue weighted by Gasteiger charge is 2.19. The molecule has 0 saturated heterocycles. The van der Waals surface area contributed by atoms with Crippen LogP contribution in [0.15, 0.2) is 132 Å². The summed E-state index contributed by atoms with van der Waals surface area (Å²) in [5.41, 5.74) is 21.1. The van der Waals surface area contributed by atoms with Crippen LogP contribution in [0.3, 0.4) is 0 Å². The molecular weight excluding hydrogens is 952 g/mol. The number of nitrogens with zero attached hydrogens (tertiary/aromatic N) is 2. The highest BCUT2D eigenvalue weighted by atomic mass is 79.9. The highest BCUT2D eigenvalue weighted by Crippen LogP contribution is 2.41. The molecule has 274 valence electrons. The summed E-state index contributed by atoms with van der Waals surface area (Å²) in [6, 6.07) is 45.9. The van der Waals surface area contributed by atoms with E-state index in [2.05, 4.69) is 213 Å². The summed E-state index contributed by atoms with van der Waals surface area (Å²) in [7, 11) is 0. The van der Waals surface area contributed by atoms with Crippen molar-refractivity contribution in [1.82, 2.24) is 15.0 Å². The number of benzene rings is 4. The molecule has 4 nitrogen and oxygen atoms in total. The first-order chi connectivity index (χ1) is 27.5. The summed E-state index contributed by atoms with van der Waals surface area (Å²) < 4.78 is 0. The number of hydrogen-bond acceptors (Lipinski definition) is 2. The molecule has 2 aliphatic heterocycles. The van der Waals surface area contributed by atoms with Crippen LogP contribution >= 0.6 is 63.7 Å². The molecule has 0 aliphatic carbocycles. The van der Waals surface area contributed by atoms with Crippen molar-refractivity contribution >= 4 is 110 Å². The molecule has 0 radical (unpaired) electrons. The zero-order chi connectivity index (χ0) is 38.2. The van der Waals surface area contributed by atoms with E-state index in [-0.39, 0.29) is 0 Å². The van der Waals surface area contributed by atoms with Crippen LogP contribution in [-0.4, -0.2) is 21.2 Å². The smallest absolute Gasteiger partial charge is 0.0737 e. The van der Waals surface area contributed by atoms with Crippen LogP contribution in [0.1, 0.15) is 39.2 Å². The van der Waals surface area contributed by atoms with E-state index in [0.717, 1.165) is 111 Å². The molecule has 4 aromatic carbocycles. The molecule has 8 heteroatoms. The Labute approximate surface area is 359 Å². The molecule has 0 saturated carbocycles. The van der Waals surface area contributed by atoms with Crippen molar-refractivity contribution in [2.75, 3.05) is 0 Å². The number of fused-ring (bicyclic) bond motifs is 8. The van der Waals surface area contributed by atoms with Gasteiger partial charge in [-0.05, 0) is 87.0 Å². The molecule has 3 aromatic heterocycles. The van der Waals surface area contributed by atoms with Crippen molar-refractivity contribution in [3.63, 3.8) is 0 Å². The second-order valence-corrected chi connectivity index (χ2v) is 16.1. The van der Waals surface area contributed by atoms with Gasteiger partial charge in [0.2, 0.25) is 0 Å². The Bertz CT molecular complexity index is 2430. The monoisotopic (exact) mass is 982 g/mol. The van der Waals surface area contributed by atoms with Gasteiger partial charge in [-0.1, -0.05) is 161 Å². The average Bonchev–Trinajstić information content (AvgIpc) is 4.10. The molecule has 2 aliphatic rings. The van der Waals surface area contributed by atoms with E-state index in [0.29, 0.717) is 0 Å². The van der Waals surface area contributed by atoms with Gasteiger partial charge in [0.05, 0.1) is 17.1 Å². The molecule has 0 fully saturated rings. The Morgan fingerprint density at radius 3 is 1.12 bits per heavy atom. The number of hydrogen-bond donors (Lipinski definition) is 2. The summed E-state index contributed by atoms with van der Waals surface area (Å²) in [5, 5.41) is 3.17. The predicted octanol–water partition coefficient (Wildman–Crippen LogP) is 15.1. The first kappa shape index (κ1) is 37.0. The van der Waals surface area contributed by atoms with Crippen molar-refractivity contribution in [3.8, 4) is 44.5 Å². The number of alkyl halides is 4. The molecular formula is C48H34Br4N4. The Morgan fingerprint density at radius 1 is 0.393 bits per heavy atom. The number of aromatic amines is 2. The van der Waals surface area contributed by atoms with Gasteiger partial charge in [0.1, 0.15) is 0 Å². The van der Waals surface area contributed by atoms with Gasteiger partial charge in [0.15, 0.2) is 0 Å². The molecule has 56 heavy (non-hydrogen) atoms. The molecule has 5 heterocycles. The van der Waals surface area contributed by atoms with Crippen LogP contribution in [0.4, 0.5) is 5.69 Å². The lowest BCUT2D eigenvalue weighted by molar-refractivity contribution is 1.31. The maximum absolute atomic E-state index is 5.44. The van der Waals surface area contributed by atoms with Crippen molar-refractivity contribution < 1.29 is 0 Å². The minimum atomic E-state index is 0.792. The summed E-state index contributed by atoms with van der Waals surface area (Å²) in [6.07, 6.45) is 6.31. The SMILES string of the molecule is BrCc1ccc(-c2c3cc(c(-c4ccc(CBr)cc4)c4ccc([nH]4)c(-c4ccc(CBr)cc4)c4nc(c(-c5ccc(CBr)cc5)c5ccc2[nH]5)C=C4)N=C3)cc1. The van der Waals surface area contributed by atoms with E-state index in [1.807, 2.05) is 6.21 Å². The minimum Gasteiger partial charge on any atom is -0.354 e. The van der Waals surface area contributed by atoms with E-state index in [4.69, 9.17) is 9.98 Å². The van der Waals surface area contributed by atoms with Crippen molar-refractivity contribution in [2.45, 2.75) is 21.3 Å². The first-order valence-electron chi connectivity index (χ1n) is 18.3. The van der Waals surface area contributed by atoms with Crippen LogP contribution in [0.25, 0.3) is 78.7 Å². The third kappa shape index (κ3) is 7.13. The van der Waals surface area contributed by atoms with Gasteiger partial charge in [-0.3, -0.25) is 4.99 Å². The number of H-pyrrole nitrogens is 2. The molecule has 0 spiro atoms. The lowest BCUT2D eigenvalue weighted by Gasteiger charge is -2.08. The number of rotatable bonds is 8. The van der Waals surface area contributed by atoms with Gasteiger partial charge in [0.25, 0.3) is 0 Å². The lowest BCUT2D eigenvalue weighted by atomic mass is 9.99. The fourth-order valence-corrected chi connectivity index (χ4v) is 8.99. The van der Waals surface area contributed by atoms with Crippen LogP contribution in [0, 0.1) is 0 Å². The summed E-state index contributed by atoms with van der Waals surface area (Å²) in [4.78, 5) is 18.3. The quantitative estimate of drug-likeness (QED) is 0.146.